The molecule has 0 radical (unpaired) electrons. The zero-order valence-corrected chi connectivity index (χ0v) is 17.8. The lowest BCUT2D eigenvalue weighted by atomic mass is 10.2. The fourth-order valence-electron chi connectivity index (χ4n) is 2.55. The van der Waals surface area contributed by atoms with E-state index in [0.717, 1.165) is 40.7 Å². The molecule has 0 unspecified atom stereocenters. The first kappa shape index (κ1) is 22.4. The topological polar surface area (TPSA) is 59.8 Å². The maximum absolute atomic E-state index is 12.9. The van der Waals surface area contributed by atoms with Gasteiger partial charge in [0.05, 0.1) is 22.0 Å². The molecule has 0 aliphatic rings. The molecule has 3 rings (SSSR count). The summed E-state index contributed by atoms with van der Waals surface area (Å²) in [7, 11) is 0. The van der Waals surface area contributed by atoms with E-state index in [1.165, 1.54) is 0 Å². The highest BCUT2D eigenvalue weighted by Crippen LogP contribution is 2.34. The lowest BCUT2D eigenvalue weighted by Crippen LogP contribution is -2.16. The molecule has 0 saturated carbocycles. The quantitative estimate of drug-likeness (QED) is 0.346. The van der Waals surface area contributed by atoms with Crippen LogP contribution in [0.1, 0.15) is 16.3 Å². The largest absolute Gasteiger partial charge is 0.416 e. The number of carbonyl (C=O) groups is 1. The summed E-state index contributed by atoms with van der Waals surface area (Å²) >= 11 is 8.66. The van der Waals surface area contributed by atoms with Crippen LogP contribution >= 0.6 is 34.7 Å². The van der Waals surface area contributed by atoms with Crippen LogP contribution in [0.4, 0.5) is 18.9 Å². The molecular weight excluding hydrogens is 457 g/mol. The summed E-state index contributed by atoms with van der Waals surface area (Å²) < 4.78 is 40.5. The molecule has 1 N–H and O–H groups in total. The van der Waals surface area contributed by atoms with Crippen LogP contribution in [0.15, 0.2) is 53.5 Å². The van der Waals surface area contributed by atoms with E-state index in [4.69, 9.17) is 11.6 Å². The Bertz CT molecular complexity index is 1040. The number of rotatable bonds is 8. The normalized spacial score (nSPS) is 11.5. The zero-order chi connectivity index (χ0) is 21.7. The second-order valence-corrected chi connectivity index (χ2v) is 8.47. The van der Waals surface area contributed by atoms with E-state index in [9.17, 15) is 18.0 Å². The van der Waals surface area contributed by atoms with Gasteiger partial charge in [-0.1, -0.05) is 35.5 Å². The molecule has 0 atom stereocenters. The number of hydrogen-bond donors (Lipinski definition) is 1. The van der Waals surface area contributed by atoms with Crippen molar-refractivity contribution in [1.29, 1.82) is 0 Å². The zero-order valence-electron chi connectivity index (χ0n) is 15.4. The number of anilines is 1. The summed E-state index contributed by atoms with van der Waals surface area (Å²) in [6.07, 6.45) is -2.22. The predicted octanol–water partition coefficient (Wildman–Crippen LogP) is 5.52. The number of nitrogens with one attached hydrogen (secondary N) is 1. The minimum Gasteiger partial charge on any atom is -0.324 e. The average molecular weight is 473 g/mol. The number of thiophene rings is 1. The van der Waals surface area contributed by atoms with E-state index in [-0.39, 0.29) is 16.5 Å². The summed E-state index contributed by atoms with van der Waals surface area (Å²) in [5.74, 6) is 0.163. The van der Waals surface area contributed by atoms with Crippen molar-refractivity contribution in [2.24, 2.45) is 0 Å². The van der Waals surface area contributed by atoms with Crippen molar-refractivity contribution in [3.8, 4) is 0 Å². The van der Waals surface area contributed by atoms with Crippen LogP contribution in [0.3, 0.4) is 0 Å². The van der Waals surface area contributed by atoms with Crippen LogP contribution in [0, 0.1) is 0 Å². The van der Waals surface area contributed by atoms with Crippen molar-refractivity contribution in [2.75, 3.05) is 11.1 Å². The number of thioether (sulfide) groups is 1. The van der Waals surface area contributed by atoms with Gasteiger partial charge in [0, 0.05) is 17.8 Å². The Hall–Kier alpha value is -2.30. The maximum Gasteiger partial charge on any atom is 0.416 e. The monoisotopic (exact) mass is 472 g/mol. The number of amides is 1. The molecule has 11 heteroatoms. The lowest BCUT2D eigenvalue weighted by molar-refractivity contribution is -0.137. The molecule has 158 valence electrons. The van der Waals surface area contributed by atoms with Crippen LogP contribution in [0.25, 0.3) is 0 Å². The first-order chi connectivity index (χ1) is 14.3. The second-order valence-electron chi connectivity index (χ2n) is 6.08. The third-order valence-electron chi connectivity index (χ3n) is 3.92. The molecular formula is C19H16ClF3N4OS2. The Balaban J connectivity index is 1.67. The summed E-state index contributed by atoms with van der Waals surface area (Å²) in [5, 5.41) is 13.3. The molecule has 0 saturated heterocycles. The van der Waals surface area contributed by atoms with Gasteiger partial charge in [0.15, 0.2) is 5.16 Å². The molecule has 0 spiro atoms. The van der Waals surface area contributed by atoms with Crippen LogP contribution in [0.5, 0.6) is 0 Å². The molecule has 30 heavy (non-hydrogen) atoms. The number of nitrogens with zero attached hydrogens (tertiary/aromatic N) is 3. The molecule has 5 nitrogen and oxygen atoms in total. The highest BCUT2D eigenvalue weighted by molar-refractivity contribution is 7.99. The number of allylic oxidation sites excluding steroid dienone is 1. The van der Waals surface area contributed by atoms with Crippen LogP contribution in [-0.4, -0.2) is 26.4 Å². The van der Waals surface area contributed by atoms with Gasteiger partial charge in [-0.3, -0.25) is 4.79 Å². The maximum atomic E-state index is 12.9. The molecule has 0 fully saturated rings. The highest BCUT2D eigenvalue weighted by Gasteiger charge is 2.31. The van der Waals surface area contributed by atoms with Gasteiger partial charge in [-0.15, -0.1) is 28.1 Å². The van der Waals surface area contributed by atoms with Gasteiger partial charge in [-0.25, -0.2) is 0 Å². The first-order valence-corrected chi connectivity index (χ1v) is 10.9. The third kappa shape index (κ3) is 5.65. The van der Waals surface area contributed by atoms with Gasteiger partial charge in [-0.2, -0.15) is 13.2 Å². The smallest absolute Gasteiger partial charge is 0.324 e. The third-order valence-corrected chi connectivity index (χ3v) is 6.09. The minimum absolute atomic E-state index is 0.0226. The van der Waals surface area contributed by atoms with Gasteiger partial charge < -0.3 is 9.88 Å². The Morgan fingerprint density at radius 3 is 2.80 bits per heavy atom. The number of hydrogen-bond acceptors (Lipinski definition) is 5. The highest BCUT2D eigenvalue weighted by atomic mass is 35.5. The number of carbonyl (C=O) groups excluding carboxylic acids is 1. The van der Waals surface area contributed by atoms with Crippen molar-refractivity contribution >= 4 is 46.3 Å². The molecule has 2 aromatic heterocycles. The van der Waals surface area contributed by atoms with Crippen LogP contribution in [0.2, 0.25) is 5.02 Å². The SMILES string of the molecule is C=CCn1c(Cc2cccs2)nnc1SCC(=O)Nc1cc(C(F)(F)F)ccc1Cl. The summed E-state index contributed by atoms with van der Waals surface area (Å²) in [6.45, 7) is 4.20. The van der Waals surface area contributed by atoms with E-state index in [2.05, 4.69) is 22.1 Å². The molecule has 2 heterocycles. The van der Waals surface area contributed by atoms with Crippen molar-refractivity contribution in [2.45, 2.75) is 24.3 Å². The van der Waals surface area contributed by atoms with Gasteiger partial charge in [0.1, 0.15) is 5.82 Å². The van der Waals surface area contributed by atoms with E-state index < -0.39 is 17.6 Å². The molecule has 0 aliphatic carbocycles. The molecule has 1 aromatic carbocycles. The van der Waals surface area contributed by atoms with Gasteiger partial charge in [0.25, 0.3) is 0 Å². The van der Waals surface area contributed by atoms with E-state index in [0.29, 0.717) is 18.1 Å². The minimum atomic E-state index is -4.53. The van der Waals surface area contributed by atoms with E-state index in [1.807, 2.05) is 22.1 Å². The Morgan fingerprint density at radius 1 is 1.33 bits per heavy atom. The number of benzene rings is 1. The van der Waals surface area contributed by atoms with Crippen molar-refractivity contribution in [1.82, 2.24) is 14.8 Å². The summed E-state index contributed by atoms with van der Waals surface area (Å²) in [4.78, 5) is 13.4. The van der Waals surface area contributed by atoms with Gasteiger partial charge in [0.2, 0.25) is 5.91 Å². The van der Waals surface area contributed by atoms with Crippen LogP contribution in [-0.2, 0) is 23.9 Å². The van der Waals surface area contributed by atoms with Crippen molar-refractivity contribution < 1.29 is 18.0 Å². The van der Waals surface area contributed by atoms with E-state index in [1.54, 1.807) is 17.4 Å². The predicted molar refractivity (Wildman–Crippen MR) is 113 cm³/mol. The summed E-state index contributed by atoms with van der Waals surface area (Å²) in [6, 6.07) is 6.72. The fraction of sp³-hybridized carbons (Fsp3) is 0.211. The van der Waals surface area contributed by atoms with Gasteiger partial charge in [-0.05, 0) is 29.6 Å². The van der Waals surface area contributed by atoms with Gasteiger partial charge >= 0.3 is 6.18 Å². The molecule has 1 amide bonds. The Labute approximate surface area is 184 Å². The van der Waals surface area contributed by atoms with Crippen molar-refractivity contribution in [3.63, 3.8) is 0 Å². The van der Waals surface area contributed by atoms with E-state index >= 15 is 0 Å². The lowest BCUT2D eigenvalue weighted by Gasteiger charge is -2.12. The number of aromatic nitrogens is 3. The molecule has 3 aromatic rings. The molecule has 0 bridgehead atoms. The Kier molecular flexibility index (Phi) is 7.22. The fourth-order valence-corrected chi connectivity index (χ4v) is 4.18. The standard InChI is InChI=1S/C19H16ClF3N4OS2/c1-2-7-27-16(10-13-4-3-8-29-13)25-26-18(27)30-11-17(28)24-15-9-12(19(21,22)23)5-6-14(15)20/h2-6,8-9H,1,7,10-11H2,(H,24,28). The average Bonchev–Trinajstić information content (AvgIpc) is 3.32. The molecule has 0 aliphatic heterocycles. The number of alkyl halides is 3. The van der Waals surface area contributed by atoms with Crippen molar-refractivity contribution in [3.05, 3.63) is 69.7 Å². The second kappa shape index (κ2) is 9.67. The Morgan fingerprint density at radius 2 is 2.13 bits per heavy atom. The summed E-state index contributed by atoms with van der Waals surface area (Å²) in [5.41, 5.74) is -0.984. The van der Waals surface area contributed by atoms with Crippen LogP contribution < -0.4 is 5.32 Å². The number of halogens is 4. The first-order valence-electron chi connectivity index (χ1n) is 8.62.